The third kappa shape index (κ3) is 3.43. The Labute approximate surface area is 157 Å². The summed E-state index contributed by atoms with van der Waals surface area (Å²) in [5.41, 5.74) is -0.0792. The second kappa shape index (κ2) is 7.27. The van der Waals surface area contributed by atoms with E-state index in [1.54, 1.807) is 0 Å². The van der Waals surface area contributed by atoms with Crippen LogP contribution in [0.1, 0.15) is 31.1 Å². The minimum absolute atomic E-state index is 0.00584. The summed E-state index contributed by atoms with van der Waals surface area (Å²) in [4.78, 5) is 59.1. The number of amides is 3. The Morgan fingerprint density at radius 2 is 1.79 bits per heavy atom. The maximum Gasteiger partial charge on any atom is 0.338 e. The molecule has 1 N–H and O–H groups in total. The third-order valence-corrected chi connectivity index (χ3v) is 4.03. The SMILES string of the molecule is CN1C(=O)c2ccc(C(=O)OCC(=O)Nc3ccccc3[N+](=O)[O-])cc2C1=O. The Kier molecular flexibility index (Phi) is 4.86. The second-order valence-corrected chi connectivity index (χ2v) is 5.83. The summed E-state index contributed by atoms with van der Waals surface area (Å²) in [7, 11) is 1.33. The lowest BCUT2D eigenvalue weighted by atomic mass is 10.1. The average Bonchev–Trinajstić information content (AvgIpc) is 2.90. The molecule has 0 bridgehead atoms. The standard InChI is InChI=1S/C18H13N3O7/c1-20-16(23)11-7-6-10(8-12(11)17(20)24)18(25)28-9-15(22)19-13-4-2-3-5-14(13)21(26)27/h2-8H,9H2,1H3,(H,19,22). The predicted octanol–water partition coefficient (Wildman–Crippen LogP) is 1.62. The van der Waals surface area contributed by atoms with Gasteiger partial charge in [-0.05, 0) is 24.3 Å². The van der Waals surface area contributed by atoms with Gasteiger partial charge in [0.1, 0.15) is 5.69 Å². The number of nitro groups is 1. The molecular formula is C18H13N3O7. The first-order valence-electron chi connectivity index (χ1n) is 7.96. The van der Waals surface area contributed by atoms with Crippen LogP contribution in [-0.2, 0) is 9.53 Å². The molecule has 28 heavy (non-hydrogen) atoms. The lowest BCUT2D eigenvalue weighted by molar-refractivity contribution is -0.383. The first-order valence-corrected chi connectivity index (χ1v) is 7.96. The number of carbonyl (C=O) groups excluding carboxylic acids is 4. The zero-order valence-corrected chi connectivity index (χ0v) is 14.5. The monoisotopic (exact) mass is 383 g/mol. The summed E-state index contributed by atoms with van der Waals surface area (Å²) < 4.78 is 4.88. The Morgan fingerprint density at radius 1 is 1.11 bits per heavy atom. The molecule has 0 saturated carbocycles. The quantitative estimate of drug-likeness (QED) is 0.358. The number of para-hydroxylation sites is 2. The van der Waals surface area contributed by atoms with Crippen LogP contribution in [0.5, 0.6) is 0 Å². The number of fused-ring (bicyclic) bond motifs is 1. The van der Waals surface area contributed by atoms with E-state index in [4.69, 9.17) is 4.74 Å². The van der Waals surface area contributed by atoms with E-state index in [-0.39, 0.29) is 28.1 Å². The first-order chi connectivity index (χ1) is 13.3. The fraction of sp³-hybridized carbons (Fsp3) is 0.111. The molecule has 1 aliphatic heterocycles. The predicted molar refractivity (Wildman–Crippen MR) is 94.9 cm³/mol. The van der Waals surface area contributed by atoms with Crippen molar-refractivity contribution >= 4 is 35.1 Å². The van der Waals surface area contributed by atoms with Crippen LogP contribution >= 0.6 is 0 Å². The summed E-state index contributed by atoms with van der Waals surface area (Å²) in [6.07, 6.45) is 0. The maximum absolute atomic E-state index is 12.1. The number of hydrogen-bond donors (Lipinski definition) is 1. The minimum atomic E-state index is -0.879. The van der Waals surface area contributed by atoms with E-state index in [1.807, 2.05) is 0 Å². The zero-order valence-electron chi connectivity index (χ0n) is 14.5. The number of benzene rings is 2. The van der Waals surface area contributed by atoms with Gasteiger partial charge in [-0.2, -0.15) is 0 Å². The highest BCUT2D eigenvalue weighted by Crippen LogP contribution is 2.24. The normalized spacial score (nSPS) is 12.5. The van der Waals surface area contributed by atoms with Crippen molar-refractivity contribution in [2.75, 3.05) is 19.0 Å². The van der Waals surface area contributed by atoms with Gasteiger partial charge in [0.25, 0.3) is 23.4 Å². The molecule has 0 radical (unpaired) electrons. The van der Waals surface area contributed by atoms with E-state index in [0.717, 1.165) is 4.90 Å². The van der Waals surface area contributed by atoms with Gasteiger partial charge in [-0.1, -0.05) is 12.1 Å². The van der Waals surface area contributed by atoms with Gasteiger partial charge in [0.2, 0.25) is 0 Å². The number of nitrogens with zero attached hydrogens (tertiary/aromatic N) is 2. The Morgan fingerprint density at radius 3 is 2.50 bits per heavy atom. The third-order valence-electron chi connectivity index (χ3n) is 4.03. The molecule has 0 unspecified atom stereocenters. The molecule has 0 aromatic heterocycles. The smallest absolute Gasteiger partial charge is 0.338 e. The Hall–Kier alpha value is -4.08. The molecule has 1 heterocycles. The van der Waals surface area contributed by atoms with Crippen LogP contribution in [0, 0.1) is 10.1 Å². The number of nitro benzene ring substituents is 1. The summed E-state index contributed by atoms with van der Waals surface area (Å²) >= 11 is 0. The van der Waals surface area contributed by atoms with Gasteiger partial charge in [-0.25, -0.2) is 4.79 Å². The van der Waals surface area contributed by atoms with Gasteiger partial charge in [-0.3, -0.25) is 29.4 Å². The molecule has 10 nitrogen and oxygen atoms in total. The van der Waals surface area contributed by atoms with Gasteiger partial charge < -0.3 is 10.1 Å². The highest BCUT2D eigenvalue weighted by atomic mass is 16.6. The largest absolute Gasteiger partial charge is 0.452 e. The zero-order chi connectivity index (χ0) is 20.4. The van der Waals surface area contributed by atoms with E-state index < -0.39 is 35.2 Å². The fourth-order valence-electron chi connectivity index (χ4n) is 2.63. The van der Waals surface area contributed by atoms with Crippen LogP contribution < -0.4 is 5.32 Å². The summed E-state index contributed by atoms with van der Waals surface area (Å²) in [6, 6.07) is 9.40. The van der Waals surface area contributed by atoms with Crippen LogP contribution in [-0.4, -0.2) is 47.2 Å². The summed E-state index contributed by atoms with van der Waals surface area (Å²) in [6.45, 7) is -0.686. The topological polar surface area (TPSA) is 136 Å². The molecular weight excluding hydrogens is 370 g/mol. The number of rotatable bonds is 5. The number of anilines is 1. The molecule has 2 aromatic carbocycles. The van der Waals surface area contributed by atoms with Crippen LogP contribution in [0.4, 0.5) is 11.4 Å². The Bertz CT molecular complexity index is 1030. The maximum atomic E-state index is 12.1. The second-order valence-electron chi connectivity index (χ2n) is 5.83. The van der Waals surface area contributed by atoms with Gasteiger partial charge in [0.15, 0.2) is 6.61 Å². The average molecular weight is 383 g/mol. The molecule has 0 aliphatic carbocycles. The van der Waals surface area contributed by atoms with Crippen molar-refractivity contribution < 1.29 is 28.8 Å². The Balaban J connectivity index is 1.65. The highest BCUT2D eigenvalue weighted by Gasteiger charge is 2.33. The van der Waals surface area contributed by atoms with Gasteiger partial charge in [0.05, 0.1) is 21.6 Å². The molecule has 1 aliphatic rings. The minimum Gasteiger partial charge on any atom is -0.452 e. The molecule has 142 valence electrons. The molecule has 0 spiro atoms. The van der Waals surface area contributed by atoms with Gasteiger partial charge in [0, 0.05) is 13.1 Å². The van der Waals surface area contributed by atoms with Crippen molar-refractivity contribution in [1.82, 2.24) is 4.90 Å². The van der Waals surface area contributed by atoms with Crippen LogP contribution in [0.25, 0.3) is 0 Å². The highest BCUT2D eigenvalue weighted by molar-refractivity contribution is 6.21. The van der Waals surface area contributed by atoms with E-state index in [9.17, 15) is 29.3 Å². The number of nitrogens with one attached hydrogen (secondary N) is 1. The molecule has 10 heteroatoms. The number of carbonyl (C=O) groups is 4. The lowest BCUT2D eigenvalue weighted by Gasteiger charge is -2.07. The van der Waals surface area contributed by atoms with Crippen molar-refractivity contribution in [2.45, 2.75) is 0 Å². The fourth-order valence-corrected chi connectivity index (χ4v) is 2.63. The van der Waals surface area contributed by atoms with E-state index in [2.05, 4.69) is 5.32 Å². The van der Waals surface area contributed by atoms with E-state index >= 15 is 0 Å². The number of ether oxygens (including phenoxy) is 1. The van der Waals surface area contributed by atoms with Crippen molar-refractivity contribution in [3.8, 4) is 0 Å². The van der Waals surface area contributed by atoms with Crippen molar-refractivity contribution in [2.24, 2.45) is 0 Å². The summed E-state index contributed by atoms with van der Waals surface area (Å²) in [5.74, 6) is -2.65. The van der Waals surface area contributed by atoms with Crippen molar-refractivity contribution in [3.63, 3.8) is 0 Å². The summed E-state index contributed by atoms with van der Waals surface area (Å²) in [5, 5.41) is 13.2. The number of imide groups is 1. The van der Waals surface area contributed by atoms with Crippen molar-refractivity contribution in [3.05, 3.63) is 69.3 Å². The van der Waals surface area contributed by atoms with Crippen LogP contribution in [0.15, 0.2) is 42.5 Å². The first kappa shape index (κ1) is 18.7. The molecule has 0 atom stereocenters. The van der Waals surface area contributed by atoms with Gasteiger partial charge >= 0.3 is 5.97 Å². The number of hydrogen-bond acceptors (Lipinski definition) is 7. The van der Waals surface area contributed by atoms with E-state index in [0.29, 0.717) is 0 Å². The molecule has 2 aromatic rings. The molecule has 3 rings (SSSR count). The number of esters is 1. The van der Waals surface area contributed by atoms with E-state index in [1.165, 1.54) is 49.5 Å². The van der Waals surface area contributed by atoms with Crippen LogP contribution in [0.2, 0.25) is 0 Å². The van der Waals surface area contributed by atoms with Crippen LogP contribution in [0.3, 0.4) is 0 Å². The molecule has 0 saturated heterocycles. The lowest BCUT2D eigenvalue weighted by Crippen LogP contribution is -2.24. The molecule has 0 fully saturated rings. The van der Waals surface area contributed by atoms with Gasteiger partial charge in [-0.15, -0.1) is 0 Å². The molecule has 3 amide bonds. The van der Waals surface area contributed by atoms with Crippen molar-refractivity contribution in [1.29, 1.82) is 0 Å².